The summed E-state index contributed by atoms with van der Waals surface area (Å²) in [4.78, 5) is 12.7. The third-order valence-electron chi connectivity index (χ3n) is 2.83. The second-order valence-corrected chi connectivity index (χ2v) is 5.76. The minimum absolute atomic E-state index is 0.154. The van der Waals surface area contributed by atoms with Crippen molar-refractivity contribution in [3.8, 4) is 11.5 Å². The highest BCUT2D eigenvalue weighted by atomic mass is 79.9. The molecule has 0 amide bonds. The van der Waals surface area contributed by atoms with Crippen molar-refractivity contribution >= 4 is 37.6 Å². The van der Waals surface area contributed by atoms with Crippen LogP contribution in [0.4, 0.5) is 0 Å². The zero-order chi connectivity index (χ0) is 14.7. The van der Waals surface area contributed by atoms with Gasteiger partial charge in [-0.3, -0.25) is 4.79 Å². The first kappa shape index (κ1) is 15.1. The fourth-order valence-corrected chi connectivity index (χ4v) is 3.11. The summed E-state index contributed by atoms with van der Waals surface area (Å²) in [5.41, 5.74) is 0.969. The molecule has 104 valence electrons. The maximum atomic E-state index is 12.7. The van der Waals surface area contributed by atoms with Gasteiger partial charge in [-0.15, -0.1) is 0 Å². The van der Waals surface area contributed by atoms with E-state index in [1.165, 1.54) is 14.2 Å². The smallest absolute Gasteiger partial charge is 0.201 e. The van der Waals surface area contributed by atoms with E-state index in [2.05, 4.69) is 31.9 Å². The molecule has 0 aliphatic heterocycles. The molecular formula is C15H12Br2O3. The Hall–Kier alpha value is -1.33. The van der Waals surface area contributed by atoms with E-state index in [-0.39, 0.29) is 5.78 Å². The van der Waals surface area contributed by atoms with Crippen LogP contribution in [0.5, 0.6) is 11.5 Å². The number of ketones is 1. The van der Waals surface area contributed by atoms with Crippen molar-refractivity contribution < 1.29 is 14.3 Å². The van der Waals surface area contributed by atoms with Gasteiger partial charge in [0.05, 0.1) is 14.2 Å². The molecule has 3 nitrogen and oxygen atoms in total. The number of carbonyl (C=O) groups is 1. The van der Waals surface area contributed by atoms with Crippen LogP contribution in [0.15, 0.2) is 45.3 Å². The van der Waals surface area contributed by atoms with Gasteiger partial charge in [-0.1, -0.05) is 22.0 Å². The van der Waals surface area contributed by atoms with Crippen LogP contribution >= 0.6 is 31.9 Å². The molecule has 2 rings (SSSR count). The molecule has 0 fully saturated rings. The molecule has 0 saturated heterocycles. The first-order chi connectivity index (χ1) is 9.58. The average molecular weight is 400 g/mol. The van der Waals surface area contributed by atoms with Gasteiger partial charge in [-0.05, 0) is 46.3 Å². The third kappa shape index (κ3) is 2.88. The number of halogens is 2. The molecule has 2 aromatic carbocycles. The lowest BCUT2D eigenvalue weighted by molar-refractivity contribution is 0.103. The SMILES string of the molecule is COc1cccc(OC)c1C(=O)c1ccc(Br)cc1Br. The van der Waals surface area contributed by atoms with Crippen molar-refractivity contribution in [3.05, 3.63) is 56.5 Å². The van der Waals surface area contributed by atoms with Crippen molar-refractivity contribution in [3.63, 3.8) is 0 Å². The molecule has 0 saturated carbocycles. The van der Waals surface area contributed by atoms with Crippen LogP contribution in [-0.2, 0) is 0 Å². The molecule has 5 heteroatoms. The maximum absolute atomic E-state index is 12.7. The number of ether oxygens (including phenoxy) is 2. The number of methoxy groups -OCH3 is 2. The summed E-state index contributed by atoms with van der Waals surface area (Å²) in [6.07, 6.45) is 0. The summed E-state index contributed by atoms with van der Waals surface area (Å²) in [6, 6.07) is 10.7. The van der Waals surface area contributed by atoms with Crippen molar-refractivity contribution in [2.45, 2.75) is 0 Å². The maximum Gasteiger partial charge on any atom is 0.201 e. The molecule has 20 heavy (non-hydrogen) atoms. The first-order valence-electron chi connectivity index (χ1n) is 5.79. The number of benzene rings is 2. The lowest BCUT2D eigenvalue weighted by atomic mass is 10.0. The van der Waals surface area contributed by atoms with Gasteiger partial charge >= 0.3 is 0 Å². The molecule has 2 aromatic rings. The van der Waals surface area contributed by atoms with E-state index in [0.717, 1.165) is 4.47 Å². The van der Waals surface area contributed by atoms with E-state index >= 15 is 0 Å². The van der Waals surface area contributed by atoms with Crippen molar-refractivity contribution in [1.82, 2.24) is 0 Å². The van der Waals surface area contributed by atoms with E-state index < -0.39 is 0 Å². The van der Waals surface area contributed by atoms with Gasteiger partial charge in [0.25, 0.3) is 0 Å². The summed E-state index contributed by atoms with van der Waals surface area (Å²) < 4.78 is 12.1. The number of rotatable bonds is 4. The Morgan fingerprint density at radius 3 is 2.10 bits per heavy atom. The minimum Gasteiger partial charge on any atom is -0.496 e. The highest BCUT2D eigenvalue weighted by Gasteiger charge is 2.21. The van der Waals surface area contributed by atoms with Gasteiger partial charge in [-0.2, -0.15) is 0 Å². The fourth-order valence-electron chi connectivity index (χ4n) is 1.88. The lowest BCUT2D eigenvalue weighted by Crippen LogP contribution is -2.07. The van der Waals surface area contributed by atoms with E-state index in [0.29, 0.717) is 27.1 Å². The molecule has 0 aromatic heterocycles. The van der Waals surface area contributed by atoms with Crippen LogP contribution in [0, 0.1) is 0 Å². The summed E-state index contributed by atoms with van der Waals surface area (Å²) in [5.74, 6) is 0.826. The highest BCUT2D eigenvalue weighted by Crippen LogP contribution is 2.33. The Morgan fingerprint density at radius 2 is 1.60 bits per heavy atom. The molecule has 0 radical (unpaired) electrons. The molecule has 0 bridgehead atoms. The predicted molar refractivity (Wildman–Crippen MR) is 84.8 cm³/mol. The zero-order valence-electron chi connectivity index (χ0n) is 10.9. The Kier molecular flexibility index (Phi) is 4.83. The van der Waals surface area contributed by atoms with Gasteiger partial charge in [0.2, 0.25) is 5.78 Å². The van der Waals surface area contributed by atoms with Crippen molar-refractivity contribution in [2.75, 3.05) is 14.2 Å². The van der Waals surface area contributed by atoms with Gasteiger partial charge in [0, 0.05) is 14.5 Å². The topological polar surface area (TPSA) is 35.5 Å². The van der Waals surface area contributed by atoms with E-state index in [4.69, 9.17) is 9.47 Å². The van der Waals surface area contributed by atoms with Crippen molar-refractivity contribution in [2.24, 2.45) is 0 Å². The van der Waals surface area contributed by atoms with Crippen LogP contribution in [0.2, 0.25) is 0 Å². The summed E-state index contributed by atoms with van der Waals surface area (Å²) >= 11 is 6.77. The number of carbonyl (C=O) groups excluding carboxylic acids is 1. The van der Waals surface area contributed by atoms with E-state index in [1.54, 1.807) is 24.3 Å². The zero-order valence-corrected chi connectivity index (χ0v) is 14.1. The van der Waals surface area contributed by atoms with Gasteiger partial charge in [0.1, 0.15) is 17.1 Å². The third-order valence-corrected chi connectivity index (χ3v) is 3.98. The van der Waals surface area contributed by atoms with E-state index in [9.17, 15) is 4.79 Å². The lowest BCUT2D eigenvalue weighted by Gasteiger charge is -2.13. The second-order valence-electron chi connectivity index (χ2n) is 3.99. The quantitative estimate of drug-likeness (QED) is 0.712. The van der Waals surface area contributed by atoms with Crippen LogP contribution in [0.3, 0.4) is 0 Å². The van der Waals surface area contributed by atoms with Crippen LogP contribution in [0.25, 0.3) is 0 Å². The number of hydrogen-bond donors (Lipinski definition) is 0. The van der Waals surface area contributed by atoms with Crippen LogP contribution in [0.1, 0.15) is 15.9 Å². The molecule has 0 unspecified atom stereocenters. The first-order valence-corrected chi connectivity index (χ1v) is 7.37. The minimum atomic E-state index is -0.154. The highest BCUT2D eigenvalue weighted by molar-refractivity contribution is 9.11. The largest absolute Gasteiger partial charge is 0.496 e. The molecule has 0 aliphatic carbocycles. The Morgan fingerprint density at radius 1 is 1.00 bits per heavy atom. The molecule has 0 spiro atoms. The van der Waals surface area contributed by atoms with Crippen molar-refractivity contribution in [1.29, 1.82) is 0 Å². The second kappa shape index (κ2) is 6.41. The monoisotopic (exact) mass is 398 g/mol. The number of hydrogen-bond acceptors (Lipinski definition) is 3. The normalized spacial score (nSPS) is 10.2. The summed E-state index contributed by atoms with van der Waals surface area (Å²) in [5, 5.41) is 0. The molecule has 0 aliphatic rings. The molecular weight excluding hydrogens is 388 g/mol. The summed E-state index contributed by atoms with van der Waals surface area (Å²) in [7, 11) is 3.06. The molecule has 0 atom stereocenters. The Bertz CT molecular complexity index is 631. The van der Waals surface area contributed by atoms with Gasteiger partial charge in [-0.25, -0.2) is 0 Å². The van der Waals surface area contributed by atoms with Gasteiger partial charge in [0.15, 0.2) is 0 Å². The molecule has 0 N–H and O–H groups in total. The van der Waals surface area contributed by atoms with Gasteiger partial charge < -0.3 is 9.47 Å². The van der Waals surface area contributed by atoms with E-state index in [1.807, 2.05) is 12.1 Å². The average Bonchev–Trinajstić information content (AvgIpc) is 2.45. The Labute approximate surface area is 134 Å². The Balaban J connectivity index is 2.58. The fraction of sp³-hybridized carbons (Fsp3) is 0.133. The predicted octanol–water partition coefficient (Wildman–Crippen LogP) is 4.46. The standard InChI is InChI=1S/C15H12Br2O3/c1-19-12-4-3-5-13(20-2)14(12)15(18)10-7-6-9(16)8-11(10)17/h3-8H,1-2H3. The van der Waals surface area contributed by atoms with Crippen LogP contribution < -0.4 is 9.47 Å². The summed E-state index contributed by atoms with van der Waals surface area (Å²) in [6.45, 7) is 0. The molecule has 0 heterocycles. The van der Waals surface area contributed by atoms with Crippen LogP contribution in [-0.4, -0.2) is 20.0 Å².